The zero-order chi connectivity index (χ0) is 14.1. The largest absolute Gasteiger partial charge is 0.352 e. The highest BCUT2D eigenvalue weighted by Gasteiger charge is 2.21. The molecule has 0 fully saturated rings. The summed E-state index contributed by atoms with van der Waals surface area (Å²) >= 11 is 0. The van der Waals surface area contributed by atoms with E-state index in [1.807, 2.05) is 20.8 Å². The summed E-state index contributed by atoms with van der Waals surface area (Å²) < 4.78 is 2.30. The monoisotopic (exact) mass is 250 g/mol. The molecule has 3 nitrogen and oxygen atoms in total. The number of rotatable bonds is 3. The molecular weight excluding hydrogens is 224 g/mol. The van der Waals surface area contributed by atoms with E-state index < -0.39 is 0 Å². The molecule has 0 unspecified atom stereocenters. The van der Waals surface area contributed by atoms with Gasteiger partial charge in [0.05, 0.1) is 0 Å². The van der Waals surface area contributed by atoms with Crippen LogP contribution in [-0.4, -0.2) is 10.5 Å². The molecule has 102 valence electrons. The summed E-state index contributed by atoms with van der Waals surface area (Å²) in [6.45, 7) is 15.0. The molecule has 3 heteroatoms. The van der Waals surface area contributed by atoms with Crippen LogP contribution in [0.3, 0.4) is 0 Å². The maximum Gasteiger partial charge on any atom is 0.225 e. The van der Waals surface area contributed by atoms with Gasteiger partial charge in [0.2, 0.25) is 5.91 Å². The SMILES string of the molecule is Cc1cc(CNC(=O)C(C)(C)C)c(C)n1C(C)C. The molecule has 0 saturated carbocycles. The van der Waals surface area contributed by atoms with E-state index >= 15 is 0 Å². The van der Waals surface area contributed by atoms with Crippen molar-refractivity contribution in [2.45, 2.75) is 61.1 Å². The van der Waals surface area contributed by atoms with Gasteiger partial charge in [-0.1, -0.05) is 20.8 Å². The van der Waals surface area contributed by atoms with Gasteiger partial charge in [0.1, 0.15) is 0 Å². The van der Waals surface area contributed by atoms with Crippen molar-refractivity contribution in [3.05, 3.63) is 23.0 Å². The molecule has 1 aromatic rings. The Morgan fingerprint density at radius 3 is 2.28 bits per heavy atom. The molecular formula is C15H26N2O. The average Bonchev–Trinajstić information content (AvgIpc) is 2.48. The van der Waals surface area contributed by atoms with E-state index in [1.54, 1.807) is 0 Å². The molecule has 1 N–H and O–H groups in total. The van der Waals surface area contributed by atoms with Gasteiger partial charge in [0.15, 0.2) is 0 Å². The molecule has 0 spiro atoms. The van der Waals surface area contributed by atoms with Crippen LogP contribution in [0.15, 0.2) is 6.07 Å². The van der Waals surface area contributed by atoms with E-state index in [4.69, 9.17) is 0 Å². The molecule has 0 saturated heterocycles. The van der Waals surface area contributed by atoms with Crippen LogP contribution in [-0.2, 0) is 11.3 Å². The van der Waals surface area contributed by atoms with Gasteiger partial charge in [-0.2, -0.15) is 0 Å². The van der Waals surface area contributed by atoms with Crippen LogP contribution in [0.1, 0.15) is 57.6 Å². The highest BCUT2D eigenvalue weighted by atomic mass is 16.2. The fourth-order valence-corrected chi connectivity index (χ4v) is 2.26. The van der Waals surface area contributed by atoms with Gasteiger partial charge >= 0.3 is 0 Å². The normalized spacial score (nSPS) is 12.0. The molecule has 1 amide bonds. The number of hydrogen-bond donors (Lipinski definition) is 1. The minimum atomic E-state index is -0.330. The number of amides is 1. The van der Waals surface area contributed by atoms with E-state index in [2.05, 4.69) is 43.6 Å². The quantitative estimate of drug-likeness (QED) is 0.877. The molecule has 0 bridgehead atoms. The van der Waals surface area contributed by atoms with Gasteiger partial charge in [0.25, 0.3) is 0 Å². The highest BCUT2D eigenvalue weighted by Crippen LogP contribution is 2.20. The second kappa shape index (κ2) is 5.17. The van der Waals surface area contributed by atoms with Crippen molar-refractivity contribution in [1.82, 2.24) is 9.88 Å². The van der Waals surface area contributed by atoms with Gasteiger partial charge in [-0.05, 0) is 39.3 Å². The van der Waals surface area contributed by atoms with Crippen LogP contribution in [0.4, 0.5) is 0 Å². The number of hydrogen-bond acceptors (Lipinski definition) is 1. The van der Waals surface area contributed by atoms with Crippen LogP contribution in [0.25, 0.3) is 0 Å². The zero-order valence-electron chi connectivity index (χ0n) is 12.7. The molecule has 1 rings (SSSR count). The Kier molecular flexibility index (Phi) is 4.25. The predicted octanol–water partition coefficient (Wildman–Crippen LogP) is 3.35. The van der Waals surface area contributed by atoms with E-state index in [-0.39, 0.29) is 11.3 Å². The molecule has 0 aliphatic heterocycles. The first-order valence-corrected chi connectivity index (χ1v) is 6.60. The van der Waals surface area contributed by atoms with Crippen molar-refractivity contribution in [2.24, 2.45) is 5.41 Å². The summed E-state index contributed by atoms with van der Waals surface area (Å²) in [6, 6.07) is 2.62. The molecule has 0 aromatic carbocycles. The summed E-state index contributed by atoms with van der Waals surface area (Å²) in [7, 11) is 0. The fourth-order valence-electron chi connectivity index (χ4n) is 2.26. The third kappa shape index (κ3) is 3.15. The number of carbonyl (C=O) groups excluding carboxylic acids is 1. The standard InChI is InChI=1S/C15H26N2O/c1-10(2)17-11(3)8-13(12(17)4)9-16-14(18)15(5,6)7/h8,10H,9H2,1-7H3,(H,16,18). The van der Waals surface area contributed by atoms with Crippen molar-refractivity contribution in [3.8, 4) is 0 Å². The van der Waals surface area contributed by atoms with E-state index in [9.17, 15) is 4.79 Å². The predicted molar refractivity (Wildman–Crippen MR) is 75.6 cm³/mol. The van der Waals surface area contributed by atoms with Crippen LogP contribution < -0.4 is 5.32 Å². The van der Waals surface area contributed by atoms with E-state index in [1.165, 1.54) is 17.0 Å². The highest BCUT2D eigenvalue weighted by molar-refractivity contribution is 5.81. The van der Waals surface area contributed by atoms with Crippen molar-refractivity contribution >= 4 is 5.91 Å². The van der Waals surface area contributed by atoms with Crippen LogP contribution >= 0.6 is 0 Å². The van der Waals surface area contributed by atoms with Gasteiger partial charge in [0, 0.05) is 29.4 Å². The summed E-state index contributed by atoms with van der Waals surface area (Å²) in [5.41, 5.74) is 3.38. The second-order valence-electron chi connectivity index (χ2n) is 6.29. The van der Waals surface area contributed by atoms with Crippen LogP contribution in [0.5, 0.6) is 0 Å². The van der Waals surface area contributed by atoms with E-state index in [0.29, 0.717) is 12.6 Å². The Hall–Kier alpha value is -1.25. The molecule has 0 atom stereocenters. The molecule has 1 aromatic heterocycles. The molecule has 18 heavy (non-hydrogen) atoms. The molecule has 0 aliphatic carbocycles. The van der Waals surface area contributed by atoms with Crippen molar-refractivity contribution < 1.29 is 4.79 Å². The molecule has 0 aliphatic rings. The smallest absolute Gasteiger partial charge is 0.225 e. The Morgan fingerprint density at radius 2 is 1.89 bits per heavy atom. The van der Waals surface area contributed by atoms with Crippen LogP contribution in [0.2, 0.25) is 0 Å². The number of nitrogens with zero attached hydrogens (tertiary/aromatic N) is 1. The van der Waals surface area contributed by atoms with Crippen LogP contribution in [0, 0.1) is 19.3 Å². The fraction of sp³-hybridized carbons (Fsp3) is 0.667. The third-order valence-electron chi connectivity index (χ3n) is 3.23. The number of aryl methyl sites for hydroxylation is 1. The maximum atomic E-state index is 11.9. The maximum absolute atomic E-state index is 11.9. The summed E-state index contributed by atoms with van der Waals surface area (Å²) in [5, 5.41) is 3.01. The average molecular weight is 250 g/mol. The van der Waals surface area contributed by atoms with Crippen molar-refractivity contribution in [1.29, 1.82) is 0 Å². The Labute approximate surface area is 111 Å². The minimum absolute atomic E-state index is 0.0943. The van der Waals surface area contributed by atoms with Gasteiger partial charge in [-0.15, -0.1) is 0 Å². The van der Waals surface area contributed by atoms with Gasteiger partial charge in [-0.3, -0.25) is 4.79 Å². The minimum Gasteiger partial charge on any atom is -0.352 e. The molecule has 0 radical (unpaired) electrons. The first kappa shape index (κ1) is 14.8. The topological polar surface area (TPSA) is 34.0 Å². The number of aromatic nitrogens is 1. The first-order valence-electron chi connectivity index (χ1n) is 6.60. The lowest BCUT2D eigenvalue weighted by atomic mass is 9.95. The lowest BCUT2D eigenvalue weighted by molar-refractivity contribution is -0.128. The van der Waals surface area contributed by atoms with Crippen molar-refractivity contribution in [3.63, 3.8) is 0 Å². The second-order valence-corrected chi connectivity index (χ2v) is 6.29. The lowest BCUT2D eigenvalue weighted by Crippen LogP contribution is -2.34. The zero-order valence-corrected chi connectivity index (χ0v) is 12.7. The van der Waals surface area contributed by atoms with Crippen molar-refractivity contribution in [2.75, 3.05) is 0 Å². The Bertz CT molecular complexity index is 436. The third-order valence-corrected chi connectivity index (χ3v) is 3.23. The first-order chi connectivity index (χ1) is 8.14. The molecule has 1 heterocycles. The lowest BCUT2D eigenvalue weighted by Gasteiger charge is -2.18. The number of nitrogens with one attached hydrogen (secondary N) is 1. The van der Waals surface area contributed by atoms with E-state index in [0.717, 1.165) is 0 Å². The summed E-state index contributed by atoms with van der Waals surface area (Å²) in [5.74, 6) is 0.0943. The Morgan fingerprint density at radius 1 is 1.33 bits per heavy atom. The number of carbonyl (C=O) groups is 1. The Balaban J connectivity index is 2.82. The summed E-state index contributed by atoms with van der Waals surface area (Å²) in [6.07, 6.45) is 0. The summed E-state index contributed by atoms with van der Waals surface area (Å²) in [4.78, 5) is 11.9. The van der Waals surface area contributed by atoms with Gasteiger partial charge in [-0.25, -0.2) is 0 Å². The van der Waals surface area contributed by atoms with Gasteiger partial charge < -0.3 is 9.88 Å².